The normalized spacial score (nSPS) is 13.7. The summed E-state index contributed by atoms with van der Waals surface area (Å²) in [5.41, 5.74) is 2.10. The molecule has 2 aromatic rings. The lowest BCUT2D eigenvalue weighted by atomic mass is 9.95. The standard InChI is InChI=1S/C19H21NO3/c1-3-16(15-7-5-4-6-8-15)19(21)20(2)12-14-9-10-17-18(11-14)23-13-22-17/h4-11,16H,3,12-13H2,1-2H3. The summed E-state index contributed by atoms with van der Waals surface area (Å²) in [5, 5.41) is 0. The van der Waals surface area contributed by atoms with Crippen molar-refractivity contribution >= 4 is 5.91 Å². The number of nitrogens with zero attached hydrogens (tertiary/aromatic N) is 1. The highest BCUT2D eigenvalue weighted by Gasteiger charge is 2.22. The van der Waals surface area contributed by atoms with Crippen LogP contribution in [-0.4, -0.2) is 24.6 Å². The van der Waals surface area contributed by atoms with Gasteiger partial charge in [0.2, 0.25) is 12.7 Å². The lowest BCUT2D eigenvalue weighted by Crippen LogP contribution is -2.31. The van der Waals surface area contributed by atoms with Crippen LogP contribution in [0.25, 0.3) is 0 Å². The van der Waals surface area contributed by atoms with Gasteiger partial charge in [-0.2, -0.15) is 0 Å². The van der Waals surface area contributed by atoms with Crippen LogP contribution in [0.1, 0.15) is 30.4 Å². The lowest BCUT2D eigenvalue weighted by molar-refractivity contribution is -0.132. The van der Waals surface area contributed by atoms with E-state index in [-0.39, 0.29) is 18.6 Å². The minimum absolute atomic E-state index is 0.102. The Morgan fingerprint density at radius 1 is 1.13 bits per heavy atom. The van der Waals surface area contributed by atoms with E-state index in [1.54, 1.807) is 4.90 Å². The van der Waals surface area contributed by atoms with E-state index in [9.17, 15) is 4.79 Å². The molecule has 2 aromatic carbocycles. The summed E-state index contributed by atoms with van der Waals surface area (Å²) in [5.74, 6) is 1.54. The fraction of sp³-hybridized carbons (Fsp3) is 0.316. The zero-order valence-corrected chi connectivity index (χ0v) is 13.5. The van der Waals surface area contributed by atoms with E-state index < -0.39 is 0 Å². The minimum Gasteiger partial charge on any atom is -0.454 e. The van der Waals surface area contributed by atoms with Gasteiger partial charge < -0.3 is 14.4 Å². The van der Waals surface area contributed by atoms with Crippen LogP contribution in [0.5, 0.6) is 11.5 Å². The third-order valence-corrected chi connectivity index (χ3v) is 4.14. The summed E-state index contributed by atoms with van der Waals surface area (Å²) in [6.07, 6.45) is 0.786. The topological polar surface area (TPSA) is 38.8 Å². The molecule has 0 saturated carbocycles. The number of carbonyl (C=O) groups is 1. The Kier molecular flexibility index (Phi) is 4.51. The molecule has 1 amide bonds. The molecular weight excluding hydrogens is 290 g/mol. The number of carbonyl (C=O) groups excluding carboxylic acids is 1. The number of fused-ring (bicyclic) bond motifs is 1. The van der Waals surface area contributed by atoms with Crippen LogP contribution < -0.4 is 9.47 Å². The van der Waals surface area contributed by atoms with E-state index in [0.717, 1.165) is 29.0 Å². The van der Waals surface area contributed by atoms with Crippen LogP contribution in [0.3, 0.4) is 0 Å². The average Bonchev–Trinajstić information content (AvgIpc) is 3.04. The van der Waals surface area contributed by atoms with Crippen LogP contribution in [0.4, 0.5) is 0 Å². The Hall–Kier alpha value is -2.49. The summed E-state index contributed by atoms with van der Waals surface area (Å²) < 4.78 is 10.7. The smallest absolute Gasteiger partial charge is 0.231 e. The summed E-state index contributed by atoms with van der Waals surface area (Å²) in [7, 11) is 1.85. The number of rotatable bonds is 5. The van der Waals surface area contributed by atoms with E-state index in [2.05, 4.69) is 0 Å². The fourth-order valence-electron chi connectivity index (χ4n) is 2.90. The van der Waals surface area contributed by atoms with Gasteiger partial charge in [-0.25, -0.2) is 0 Å². The van der Waals surface area contributed by atoms with Gasteiger partial charge in [-0.05, 0) is 29.7 Å². The summed E-state index contributed by atoms with van der Waals surface area (Å²) in [4.78, 5) is 14.6. The van der Waals surface area contributed by atoms with Gasteiger partial charge in [0.05, 0.1) is 5.92 Å². The molecule has 1 aliphatic heterocycles. The van der Waals surface area contributed by atoms with Crippen LogP contribution in [-0.2, 0) is 11.3 Å². The van der Waals surface area contributed by atoms with Gasteiger partial charge in [0, 0.05) is 13.6 Å². The molecule has 23 heavy (non-hydrogen) atoms. The maximum atomic E-state index is 12.8. The van der Waals surface area contributed by atoms with E-state index >= 15 is 0 Å². The van der Waals surface area contributed by atoms with E-state index in [1.807, 2.05) is 62.5 Å². The number of likely N-dealkylation sites (N-methyl/N-ethyl adjacent to an activating group) is 1. The predicted octanol–water partition coefficient (Wildman–Crippen LogP) is 3.57. The Bertz CT molecular complexity index is 684. The van der Waals surface area contributed by atoms with Gasteiger partial charge in [-0.1, -0.05) is 43.3 Å². The third kappa shape index (κ3) is 3.31. The Labute approximate surface area is 136 Å². The molecule has 120 valence electrons. The Balaban J connectivity index is 1.72. The molecule has 0 radical (unpaired) electrons. The van der Waals surface area contributed by atoms with Gasteiger partial charge in [0.1, 0.15) is 0 Å². The van der Waals surface area contributed by atoms with Crippen molar-refractivity contribution in [1.29, 1.82) is 0 Å². The number of hydrogen-bond donors (Lipinski definition) is 0. The highest BCUT2D eigenvalue weighted by molar-refractivity contribution is 5.83. The van der Waals surface area contributed by atoms with Crippen molar-refractivity contribution in [2.45, 2.75) is 25.8 Å². The van der Waals surface area contributed by atoms with Crippen molar-refractivity contribution in [1.82, 2.24) is 4.90 Å². The molecule has 4 nitrogen and oxygen atoms in total. The molecular formula is C19H21NO3. The molecule has 0 aromatic heterocycles. The zero-order chi connectivity index (χ0) is 16.2. The maximum Gasteiger partial charge on any atom is 0.231 e. The molecule has 0 N–H and O–H groups in total. The molecule has 1 aliphatic rings. The van der Waals surface area contributed by atoms with Gasteiger partial charge >= 0.3 is 0 Å². The highest BCUT2D eigenvalue weighted by atomic mass is 16.7. The van der Waals surface area contributed by atoms with Crippen LogP contribution >= 0.6 is 0 Å². The second-order valence-electron chi connectivity index (χ2n) is 5.75. The van der Waals surface area contributed by atoms with E-state index in [0.29, 0.717) is 6.54 Å². The van der Waals surface area contributed by atoms with Gasteiger partial charge in [0.15, 0.2) is 11.5 Å². The predicted molar refractivity (Wildman–Crippen MR) is 88.5 cm³/mol. The van der Waals surface area contributed by atoms with Crippen molar-refractivity contribution in [3.63, 3.8) is 0 Å². The summed E-state index contributed by atoms with van der Waals surface area (Å²) >= 11 is 0. The summed E-state index contributed by atoms with van der Waals surface area (Å²) in [6, 6.07) is 15.8. The molecule has 1 atom stereocenters. The molecule has 3 rings (SSSR count). The minimum atomic E-state index is -0.102. The van der Waals surface area contributed by atoms with E-state index in [4.69, 9.17) is 9.47 Å². The molecule has 4 heteroatoms. The van der Waals surface area contributed by atoms with Crippen molar-refractivity contribution in [3.8, 4) is 11.5 Å². The number of ether oxygens (including phenoxy) is 2. The molecule has 0 spiro atoms. The SMILES string of the molecule is CCC(C(=O)N(C)Cc1ccc2c(c1)OCO2)c1ccccc1. The fourth-order valence-corrected chi connectivity index (χ4v) is 2.90. The average molecular weight is 311 g/mol. The first kappa shape index (κ1) is 15.4. The van der Waals surface area contributed by atoms with Gasteiger partial charge in [0.25, 0.3) is 0 Å². The van der Waals surface area contributed by atoms with Crippen molar-refractivity contribution in [2.24, 2.45) is 0 Å². The van der Waals surface area contributed by atoms with E-state index in [1.165, 1.54) is 0 Å². The highest BCUT2D eigenvalue weighted by Crippen LogP contribution is 2.33. The number of amides is 1. The second kappa shape index (κ2) is 6.73. The molecule has 1 heterocycles. The largest absolute Gasteiger partial charge is 0.454 e. The third-order valence-electron chi connectivity index (χ3n) is 4.14. The summed E-state index contributed by atoms with van der Waals surface area (Å²) in [6.45, 7) is 2.86. The second-order valence-corrected chi connectivity index (χ2v) is 5.75. The number of hydrogen-bond acceptors (Lipinski definition) is 3. The molecule has 0 saturated heterocycles. The Morgan fingerprint density at radius 3 is 2.61 bits per heavy atom. The first-order valence-corrected chi connectivity index (χ1v) is 7.87. The molecule has 0 aliphatic carbocycles. The first-order chi connectivity index (χ1) is 11.2. The zero-order valence-electron chi connectivity index (χ0n) is 13.5. The molecule has 0 bridgehead atoms. The van der Waals surface area contributed by atoms with Gasteiger partial charge in [-0.15, -0.1) is 0 Å². The van der Waals surface area contributed by atoms with Crippen LogP contribution in [0.2, 0.25) is 0 Å². The molecule has 0 fully saturated rings. The number of benzene rings is 2. The van der Waals surface area contributed by atoms with Crippen molar-refractivity contribution in [3.05, 3.63) is 59.7 Å². The quantitative estimate of drug-likeness (QED) is 0.847. The van der Waals surface area contributed by atoms with Gasteiger partial charge in [-0.3, -0.25) is 4.79 Å². The van der Waals surface area contributed by atoms with Crippen molar-refractivity contribution < 1.29 is 14.3 Å². The van der Waals surface area contributed by atoms with Crippen LogP contribution in [0, 0.1) is 0 Å². The monoisotopic (exact) mass is 311 g/mol. The Morgan fingerprint density at radius 2 is 1.87 bits per heavy atom. The maximum absolute atomic E-state index is 12.8. The van der Waals surface area contributed by atoms with Crippen LogP contribution in [0.15, 0.2) is 48.5 Å². The van der Waals surface area contributed by atoms with Crippen molar-refractivity contribution in [2.75, 3.05) is 13.8 Å². The first-order valence-electron chi connectivity index (χ1n) is 7.87. The molecule has 1 unspecified atom stereocenters. The lowest BCUT2D eigenvalue weighted by Gasteiger charge is -2.23.